The molecule has 0 fully saturated rings. The van der Waals surface area contributed by atoms with Crippen molar-refractivity contribution >= 4 is 0 Å². The lowest BCUT2D eigenvalue weighted by molar-refractivity contribution is -0.0954. The smallest absolute Gasteiger partial charge is 0.0902 e. The molecule has 0 saturated carbocycles. The van der Waals surface area contributed by atoms with Crippen molar-refractivity contribution in [3.63, 3.8) is 0 Å². The van der Waals surface area contributed by atoms with E-state index in [1.165, 1.54) is 6.42 Å². The maximum absolute atomic E-state index is 10.1. The van der Waals surface area contributed by atoms with Crippen LogP contribution in [0.25, 0.3) is 0 Å². The molecule has 0 saturated heterocycles. The summed E-state index contributed by atoms with van der Waals surface area (Å²) >= 11 is 0. The fourth-order valence-electron chi connectivity index (χ4n) is 2.50. The highest BCUT2D eigenvalue weighted by molar-refractivity contribution is 4.81. The molecule has 0 aromatic carbocycles. The molecular weight excluding hydrogens is 392 g/mol. The first kappa shape index (κ1) is 31.9. The number of hydrogen-bond donors (Lipinski definition) is 4. The third-order valence-corrected chi connectivity index (χ3v) is 4.36. The van der Waals surface area contributed by atoms with Crippen LogP contribution in [0.4, 0.5) is 0 Å². The lowest BCUT2D eigenvalue weighted by Crippen LogP contribution is -2.40. The Balaban J connectivity index is 0. The summed E-state index contributed by atoms with van der Waals surface area (Å²) in [6, 6.07) is 0. The SMILES string of the molecule is CCCCC(O)(CO)CC(CO)OCC(C)O.CCCCOC(C)COCCOC. The molecule has 0 bridgehead atoms. The molecule has 0 rings (SSSR count). The average molecular weight is 441 g/mol. The summed E-state index contributed by atoms with van der Waals surface area (Å²) in [7, 11) is 1.67. The Kier molecular flexibility index (Phi) is 23.3. The molecule has 4 atom stereocenters. The van der Waals surface area contributed by atoms with Crippen molar-refractivity contribution in [2.75, 3.05) is 53.4 Å². The highest BCUT2D eigenvalue weighted by atomic mass is 16.5. The fourth-order valence-corrected chi connectivity index (χ4v) is 2.50. The minimum Gasteiger partial charge on any atom is -0.394 e. The van der Waals surface area contributed by atoms with Crippen LogP contribution < -0.4 is 0 Å². The van der Waals surface area contributed by atoms with Gasteiger partial charge in [-0.15, -0.1) is 0 Å². The number of rotatable bonds is 19. The molecule has 0 aromatic heterocycles. The summed E-state index contributed by atoms with van der Waals surface area (Å²) in [5, 5.41) is 37.5. The Morgan fingerprint density at radius 2 is 1.57 bits per heavy atom. The van der Waals surface area contributed by atoms with Crippen LogP contribution in [0.5, 0.6) is 0 Å². The Labute approximate surface area is 183 Å². The standard InChI is InChI=1S/C12H26O5.C10H22O3/c1-3-4-5-12(16,9-14)6-11(7-13)17-8-10(2)15;1-4-5-6-13-10(2)9-12-8-7-11-3/h10-11,13-16H,3-9H2,1-2H3;10H,4-9H2,1-3H3. The quantitative estimate of drug-likeness (QED) is 0.225. The van der Waals surface area contributed by atoms with Gasteiger partial charge in [0.25, 0.3) is 0 Å². The zero-order valence-electron chi connectivity index (χ0n) is 19.8. The van der Waals surface area contributed by atoms with Crippen LogP contribution in [-0.4, -0.2) is 97.7 Å². The van der Waals surface area contributed by atoms with Crippen LogP contribution in [0.1, 0.15) is 66.2 Å². The van der Waals surface area contributed by atoms with Crippen molar-refractivity contribution < 1.29 is 39.4 Å². The molecule has 8 heteroatoms. The van der Waals surface area contributed by atoms with Gasteiger partial charge in [-0.3, -0.25) is 0 Å². The summed E-state index contributed by atoms with van der Waals surface area (Å²) < 4.78 is 20.9. The fraction of sp³-hybridized carbons (Fsp3) is 1.00. The first-order valence-electron chi connectivity index (χ1n) is 11.2. The van der Waals surface area contributed by atoms with E-state index in [1.807, 2.05) is 13.8 Å². The lowest BCUT2D eigenvalue weighted by atomic mass is 9.91. The van der Waals surface area contributed by atoms with E-state index in [2.05, 4.69) is 6.92 Å². The Morgan fingerprint density at radius 1 is 0.900 bits per heavy atom. The summed E-state index contributed by atoms with van der Waals surface area (Å²) in [6.45, 7) is 10.1. The monoisotopic (exact) mass is 440 g/mol. The highest BCUT2D eigenvalue weighted by Crippen LogP contribution is 2.21. The van der Waals surface area contributed by atoms with Gasteiger partial charge in [0, 0.05) is 20.1 Å². The maximum atomic E-state index is 10.1. The van der Waals surface area contributed by atoms with Crippen molar-refractivity contribution in [3.05, 3.63) is 0 Å². The molecule has 0 radical (unpaired) electrons. The number of aliphatic hydroxyl groups is 4. The van der Waals surface area contributed by atoms with Gasteiger partial charge in [0.1, 0.15) is 0 Å². The van der Waals surface area contributed by atoms with Crippen LogP contribution in [-0.2, 0) is 18.9 Å². The van der Waals surface area contributed by atoms with E-state index in [0.717, 1.165) is 25.9 Å². The predicted molar refractivity (Wildman–Crippen MR) is 118 cm³/mol. The third-order valence-electron chi connectivity index (χ3n) is 4.36. The molecule has 0 spiro atoms. The van der Waals surface area contributed by atoms with Gasteiger partial charge >= 0.3 is 0 Å². The molecule has 0 amide bonds. The molecule has 0 aromatic rings. The van der Waals surface area contributed by atoms with Crippen LogP contribution in [0.3, 0.4) is 0 Å². The van der Waals surface area contributed by atoms with Crippen LogP contribution in [0, 0.1) is 0 Å². The first-order valence-corrected chi connectivity index (χ1v) is 11.2. The molecule has 0 aliphatic heterocycles. The third kappa shape index (κ3) is 20.9. The Bertz CT molecular complexity index is 343. The normalized spacial score (nSPS) is 16.3. The summed E-state index contributed by atoms with van der Waals surface area (Å²) in [4.78, 5) is 0. The topological polar surface area (TPSA) is 118 Å². The van der Waals surface area contributed by atoms with Crippen molar-refractivity contribution in [2.45, 2.75) is 90.1 Å². The van der Waals surface area contributed by atoms with E-state index >= 15 is 0 Å². The molecule has 8 nitrogen and oxygen atoms in total. The van der Waals surface area contributed by atoms with Gasteiger partial charge in [-0.2, -0.15) is 0 Å². The number of unbranched alkanes of at least 4 members (excludes halogenated alkanes) is 2. The lowest BCUT2D eigenvalue weighted by Gasteiger charge is -2.30. The van der Waals surface area contributed by atoms with E-state index in [-0.39, 0.29) is 32.3 Å². The second-order valence-electron chi connectivity index (χ2n) is 7.78. The van der Waals surface area contributed by atoms with Crippen molar-refractivity contribution in [3.8, 4) is 0 Å². The summed E-state index contributed by atoms with van der Waals surface area (Å²) in [6.07, 6.45) is 3.73. The van der Waals surface area contributed by atoms with Gasteiger partial charge in [0.05, 0.1) is 63.6 Å². The number of aliphatic hydroxyl groups excluding tert-OH is 3. The van der Waals surface area contributed by atoms with E-state index in [4.69, 9.17) is 29.2 Å². The van der Waals surface area contributed by atoms with Crippen LogP contribution >= 0.6 is 0 Å². The largest absolute Gasteiger partial charge is 0.394 e. The second kappa shape index (κ2) is 21.9. The zero-order valence-corrected chi connectivity index (χ0v) is 19.8. The maximum Gasteiger partial charge on any atom is 0.0902 e. The molecule has 0 heterocycles. The van der Waals surface area contributed by atoms with E-state index in [9.17, 15) is 10.2 Å². The minimum absolute atomic E-state index is 0.112. The number of methoxy groups -OCH3 is 1. The van der Waals surface area contributed by atoms with Crippen LogP contribution in [0.2, 0.25) is 0 Å². The molecular formula is C22H48O8. The van der Waals surface area contributed by atoms with Crippen molar-refractivity contribution in [1.29, 1.82) is 0 Å². The minimum atomic E-state index is -1.21. The summed E-state index contributed by atoms with van der Waals surface area (Å²) in [5.41, 5.74) is -1.21. The van der Waals surface area contributed by atoms with Gasteiger partial charge in [0.15, 0.2) is 0 Å². The van der Waals surface area contributed by atoms with Gasteiger partial charge < -0.3 is 39.4 Å². The average Bonchev–Trinajstić information content (AvgIpc) is 2.73. The van der Waals surface area contributed by atoms with Gasteiger partial charge in [-0.1, -0.05) is 33.1 Å². The van der Waals surface area contributed by atoms with E-state index < -0.39 is 17.8 Å². The number of hydrogen-bond acceptors (Lipinski definition) is 8. The molecule has 0 aliphatic carbocycles. The van der Waals surface area contributed by atoms with Crippen LogP contribution in [0.15, 0.2) is 0 Å². The second-order valence-corrected chi connectivity index (χ2v) is 7.78. The molecule has 4 N–H and O–H groups in total. The highest BCUT2D eigenvalue weighted by Gasteiger charge is 2.29. The van der Waals surface area contributed by atoms with Gasteiger partial charge in [-0.05, 0) is 26.7 Å². The zero-order chi connectivity index (χ0) is 23.3. The molecule has 0 aliphatic rings. The predicted octanol–water partition coefficient (Wildman–Crippen LogP) is 1.90. The molecule has 30 heavy (non-hydrogen) atoms. The molecule has 184 valence electrons. The van der Waals surface area contributed by atoms with Crippen molar-refractivity contribution in [1.82, 2.24) is 0 Å². The first-order chi connectivity index (χ1) is 14.3. The van der Waals surface area contributed by atoms with Crippen molar-refractivity contribution in [2.24, 2.45) is 0 Å². The molecule has 4 unspecified atom stereocenters. The van der Waals surface area contributed by atoms with E-state index in [1.54, 1.807) is 14.0 Å². The summed E-state index contributed by atoms with van der Waals surface area (Å²) in [5.74, 6) is 0. The Morgan fingerprint density at radius 3 is 2.07 bits per heavy atom. The van der Waals surface area contributed by atoms with Gasteiger partial charge in [0.2, 0.25) is 0 Å². The number of ether oxygens (including phenoxy) is 4. The van der Waals surface area contributed by atoms with Gasteiger partial charge in [-0.25, -0.2) is 0 Å². The van der Waals surface area contributed by atoms with E-state index in [0.29, 0.717) is 26.2 Å². The Hall–Kier alpha value is -0.320.